The van der Waals surface area contributed by atoms with Crippen molar-refractivity contribution in [3.63, 3.8) is 0 Å². The van der Waals surface area contributed by atoms with Gasteiger partial charge in [-0.3, -0.25) is 9.47 Å². The van der Waals surface area contributed by atoms with Gasteiger partial charge < -0.3 is 16.4 Å². The number of likely N-dealkylation sites (tertiary alicyclic amines) is 1. The molecule has 2 aliphatic rings. The molecular weight excluding hydrogens is 419 g/mol. The molecule has 8 heteroatoms. The second kappa shape index (κ2) is 9.52. The first-order valence-corrected chi connectivity index (χ1v) is 12.0. The first kappa shape index (κ1) is 23.9. The number of alkyl halides is 1. The summed E-state index contributed by atoms with van der Waals surface area (Å²) < 4.78 is 16.7. The van der Waals surface area contributed by atoms with Crippen molar-refractivity contribution in [2.45, 2.75) is 69.7 Å². The molecule has 0 aliphatic carbocycles. The Balaban J connectivity index is 1.38. The number of aromatic nitrogens is 2. The number of rotatable bonds is 6. The molecule has 1 aromatic heterocycles. The van der Waals surface area contributed by atoms with Gasteiger partial charge in [0.2, 0.25) is 0 Å². The maximum absolute atomic E-state index is 15.1. The van der Waals surface area contributed by atoms with Crippen LogP contribution in [-0.2, 0) is 6.54 Å². The van der Waals surface area contributed by atoms with Crippen LogP contribution in [0.15, 0.2) is 41.3 Å². The van der Waals surface area contributed by atoms with Crippen LogP contribution < -0.4 is 22.1 Å². The van der Waals surface area contributed by atoms with E-state index in [1.807, 2.05) is 36.9 Å². The van der Waals surface area contributed by atoms with E-state index in [-0.39, 0.29) is 5.69 Å². The van der Waals surface area contributed by atoms with Gasteiger partial charge in [-0.15, -0.1) is 0 Å². The third-order valence-corrected chi connectivity index (χ3v) is 6.80. The van der Waals surface area contributed by atoms with Gasteiger partial charge in [0.1, 0.15) is 11.5 Å². The highest BCUT2D eigenvalue weighted by Gasteiger charge is 2.38. The zero-order chi connectivity index (χ0) is 23.6. The van der Waals surface area contributed by atoms with Gasteiger partial charge in [0.25, 0.3) is 0 Å². The summed E-state index contributed by atoms with van der Waals surface area (Å²) in [5.41, 5.74) is 11.9. The molecule has 7 nitrogen and oxygen atoms in total. The highest BCUT2D eigenvalue weighted by atomic mass is 19.1. The Bertz CT molecular complexity index is 983. The van der Waals surface area contributed by atoms with E-state index in [2.05, 4.69) is 22.0 Å². The number of benzene rings is 1. The molecule has 4 N–H and O–H groups in total. The number of hydrogen-bond donors (Lipinski definition) is 2. The standard InChI is InChI=1S/C25H37FN6O/c1-24(2,28)18-25(26)10-15-31(16-11-25)22-9-14-32(23(33)29-22)21-5-3-19(4-6-21)17-30-12-7-20(27)8-13-30/h3-6,9,14,20H,7-8,10-13,15-18,27-28H2,1-2H3. The summed E-state index contributed by atoms with van der Waals surface area (Å²) >= 11 is 0. The van der Waals surface area contributed by atoms with Crippen LogP contribution in [0.25, 0.3) is 5.69 Å². The maximum atomic E-state index is 15.1. The van der Waals surface area contributed by atoms with Crippen molar-refractivity contribution in [2.24, 2.45) is 11.5 Å². The Morgan fingerprint density at radius 1 is 1.09 bits per heavy atom. The predicted molar refractivity (Wildman–Crippen MR) is 130 cm³/mol. The van der Waals surface area contributed by atoms with Crippen LogP contribution in [-0.4, -0.2) is 57.9 Å². The van der Waals surface area contributed by atoms with E-state index in [4.69, 9.17) is 11.5 Å². The van der Waals surface area contributed by atoms with Gasteiger partial charge in [-0.05, 0) is 82.8 Å². The van der Waals surface area contributed by atoms with E-state index in [1.165, 1.54) is 5.56 Å². The second-order valence-corrected chi connectivity index (χ2v) is 10.5. The fraction of sp³-hybridized carbons (Fsp3) is 0.600. The number of halogens is 1. The average molecular weight is 457 g/mol. The zero-order valence-corrected chi connectivity index (χ0v) is 19.8. The van der Waals surface area contributed by atoms with Crippen molar-refractivity contribution >= 4 is 5.82 Å². The second-order valence-electron chi connectivity index (χ2n) is 10.5. The van der Waals surface area contributed by atoms with Crippen LogP contribution in [0.1, 0.15) is 51.5 Å². The molecule has 0 saturated carbocycles. The molecule has 1 aromatic carbocycles. The molecule has 2 saturated heterocycles. The molecule has 0 spiro atoms. The smallest absolute Gasteiger partial charge is 0.354 e. The monoisotopic (exact) mass is 456 g/mol. The SMILES string of the molecule is CC(C)(N)CC1(F)CCN(c2ccn(-c3ccc(CN4CCC(N)CC4)cc3)c(=O)n2)CC1. The van der Waals surface area contributed by atoms with Crippen molar-refractivity contribution in [2.75, 3.05) is 31.1 Å². The minimum absolute atomic E-state index is 0.327. The van der Waals surface area contributed by atoms with Crippen molar-refractivity contribution in [1.82, 2.24) is 14.5 Å². The summed E-state index contributed by atoms with van der Waals surface area (Å²) in [4.78, 5) is 21.4. The normalized spacial score (nSPS) is 20.2. The van der Waals surface area contributed by atoms with E-state index in [1.54, 1.807) is 10.8 Å². The molecule has 0 unspecified atom stereocenters. The predicted octanol–water partition coefficient (Wildman–Crippen LogP) is 2.59. The molecule has 2 aliphatic heterocycles. The molecule has 180 valence electrons. The number of nitrogens with two attached hydrogens (primary N) is 2. The molecule has 2 fully saturated rings. The third-order valence-electron chi connectivity index (χ3n) is 6.80. The highest BCUT2D eigenvalue weighted by Crippen LogP contribution is 2.34. The van der Waals surface area contributed by atoms with Crippen LogP contribution in [0.5, 0.6) is 0 Å². The lowest BCUT2D eigenvalue weighted by Crippen LogP contribution is -2.48. The van der Waals surface area contributed by atoms with Crippen LogP contribution in [0.2, 0.25) is 0 Å². The van der Waals surface area contributed by atoms with Gasteiger partial charge in [0.15, 0.2) is 0 Å². The van der Waals surface area contributed by atoms with E-state index in [0.717, 1.165) is 38.2 Å². The topological polar surface area (TPSA) is 93.4 Å². The molecule has 0 atom stereocenters. The van der Waals surface area contributed by atoms with Gasteiger partial charge in [-0.25, -0.2) is 9.18 Å². The Hall–Kier alpha value is -2.29. The lowest BCUT2D eigenvalue weighted by atomic mass is 9.82. The van der Waals surface area contributed by atoms with Gasteiger partial charge in [0, 0.05) is 37.4 Å². The lowest BCUT2D eigenvalue weighted by molar-refractivity contribution is 0.0892. The molecule has 33 heavy (non-hydrogen) atoms. The number of anilines is 1. The van der Waals surface area contributed by atoms with Crippen LogP contribution in [0, 0.1) is 0 Å². The Morgan fingerprint density at radius 2 is 1.73 bits per heavy atom. The molecule has 4 rings (SSSR count). The summed E-state index contributed by atoms with van der Waals surface area (Å²) in [6.45, 7) is 7.72. The molecule has 0 amide bonds. The fourth-order valence-electron chi connectivity index (χ4n) is 5.03. The van der Waals surface area contributed by atoms with Gasteiger partial charge in [-0.1, -0.05) is 12.1 Å². The van der Waals surface area contributed by atoms with E-state index in [0.29, 0.717) is 44.2 Å². The molecule has 0 radical (unpaired) electrons. The largest absolute Gasteiger partial charge is 0.356 e. The first-order valence-electron chi connectivity index (χ1n) is 12.0. The Morgan fingerprint density at radius 3 is 2.30 bits per heavy atom. The minimum atomic E-state index is -1.26. The molecule has 3 heterocycles. The number of piperidine rings is 2. The van der Waals surface area contributed by atoms with Crippen molar-refractivity contribution in [3.8, 4) is 5.69 Å². The van der Waals surface area contributed by atoms with Crippen molar-refractivity contribution in [3.05, 3.63) is 52.6 Å². The van der Waals surface area contributed by atoms with E-state index >= 15 is 4.39 Å². The van der Waals surface area contributed by atoms with Gasteiger partial charge >= 0.3 is 5.69 Å². The highest BCUT2D eigenvalue weighted by molar-refractivity contribution is 5.41. The fourth-order valence-corrected chi connectivity index (χ4v) is 5.03. The van der Waals surface area contributed by atoms with Crippen molar-refractivity contribution < 1.29 is 4.39 Å². The van der Waals surface area contributed by atoms with E-state index in [9.17, 15) is 4.79 Å². The summed E-state index contributed by atoms with van der Waals surface area (Å²) in [6.07, 6.45) is 4.96. The maximum Gasteiger partial charge on any atom is 0.354 e. The van der Waals surface area contributed by atoms with Crippen LogP contribution >= 0.6 is 0 Å². The Kier molecular flexibility index (Phi) is 6.88. The number of nitrogens with zero attached hydrogens (tertiary/aromatic N) is 4. The summed E-state index contributed by atoms with van der Waals surface area (Å²) in [5.74, 6) is 0.602. The molecule has 0 bridgehead atoms. The van der Waals surface area contributed by atoms with E-state index < -0.39 is 11.2 Å². The quantitative estimate of drug-likeness (QED) is 0.694. The lowest BCUT2D eigenvalue weighted by Gasteiger charge is -2.39. The molecular formula is C25H37FN6O. The minimum Gasteiger partial charge on any atom is -0.356 e. The van der Waals surface area contributed by atoms with Gasteiger partial charge in [-0.2, -0.15) is 4.98 Å². The van der Waals surface area contributed by atoms with Crippen LogP contribution in [0.3, 0.4) is 0 Å². The molecule has 2 aromatic rings. The summed E-state index contributed by atoms with van der Waals surface area (Å²) in [5, 5.41) is 0. The van der Waals surface area contributed by atoms with Crippen LogP contribution in [0.4, 0.5) is 10.2 Å². The number of hydrogen-bond acceptors (Lipinski definition) is 6. The summed E-state index contributed by atoms with van der Waals surface area (Å²) in [6, 6.07) is 10.2. The third kappa shape index (κ3) is 6.19. The zero-order valence-electron chi connectivity index (χ0n) is 19.8. The van der Waals surface area contributed by atoms with Crippen molar-refractivity contribution in [1.29, 1.82) is 0 Å². The average Bonchev–Trinajstić information content (AvgIpc) is 2.75. The first-order chi connectivity index (χ1) is 15.6. The summed E-state index contributed by atoms with van der Waals surface area (Å²) in [7, 11) is 0. The Labute approximate surface area is 195 Å². The van der Waals surface area contributed by atoms with Gasteiger partial charge in [0.05, 0.1) is 5.69 Å².